The Morgan fingerprint density at radius 1 is 0.886 bits per heavy atom. The summed E-state index contributed by atoms with van der Waals surface area (Å²) in [4.78, 5) is 33.4. The van der Waals surface area contributed by atoms with Crippen LogP contribution in [0, 0.1) is 0 Å². The van der Waals surface area contributed by atoms with Crippen LogP contribution in [-0.2, 0) is 11.0 Å². The topological polar surface area (TPSA) is 65.5 Å². The normalized spacial score (nSPS) is 14.9. The first-order valence-corrected chi connectivity index (χ1v) is 11.3. The Bertz CT molecular complexity index is 1130. The summed E-state index contributed by atoms with van der Waals surface area (Å²) in [5.41, 5.74) is 0.552. The number of nitrogens with zero attached hydrogens (tertiary/aromatic N) is 3. The van der Waals surface area contributed by atoms with Crippen molar-refractivity contribution in [2.75, 3.05) is 31.1 Å². The van der Waals surface area contributed by atoms with Crippen LogP contribution in [0.1, 0.15) is 33.9 Å². The van der Waals surface area contributed by atoms with Crippen LogP contribution < -0.4 is 10.2 Å². The van der Waals surface area contributed by atoms with Crippen molar-refractivity contribution in [2.45, 2.75) is 18.6 Å². The molecule has 1 saturated heterocycles. The van der Waals surface area contributed by atoms with Crippen molar-refractivity contribution in [3.05, 3.63) is 95.7 Å². The molecule has 2 aromatic carbocycles. The molecule has 2 heterocycles. The van der Waals surface area contributed by atoms with Crippen molar-refractivity contribution in [1.29, 1.82) is 0 Å². The maximum Gasteiger partial charge on any atom is 0.417 e. The number of rotatable bonds is 6. The second-order valence-corrected chi connectivity index (χ2v) is 8.28. The summed E-state index contributed by atoms with van der Waals surface area (Å²) in [5, 5.41) is 2.97. The number of amides is 2. The first kappa shape index (κ1) is 24.3. The third kappa shape index (κ3) is 6.17. The Morgan fingerprint density at radius 3 is 2.09 bits per heavy atom. The lowest BCUT2D eigenvalue weighted by Gasteiger charge is -2.36. The number of alkyl halides is 3. The van der Waals surface area contributed by atoms with Gasteiger partial charge in [0.2, 0.25) is 5.91 Å². The van der Waals surface area contributed by atoms with E-state index in [9.17, 15) is 22.8 Å². The van der Waals surface area contributed by atoms with E-state index in [1.165, 1.54) is 6.07 Å². The van der Waals surface area contributed by atoms with E-state index >= 15 is 0 Å². The van der Waals surface area contributed by atoms with Crippen molar-refractivity contribution >= 4 is 17.6 Å². The lowest BCUT2D eigenvalue weighted by molar-refractivity contribution is -0.138. The third-order valence-corrected chi connectivity index (χ3v) is 5.95. The summed E-state index contributed by atoms with van der Waals surface area (Å²) < 4.78 is 38.3. The van der Waals surface area contributed by atoms with E-state index in [0.717, 1.165) is 17.8 Å². The van der Waals surface area contributed by atoms with Gasteiger partial charge in [-0.25, -0.2) is 4.98 Å². The molecule has 1 aliphatic rings. The van der Waals surface area contributed by atoms with Gasteiger partial charge in [-0.2, -0.15) is 13.2 Å². The maximum atomic E-state index is 13.1. The molecule has 6 nitrogen and oxygen atoms in total. The van der Waals surface area contributed by atoms with Crippen molar-refractivity contribution in [2.24, 2.45) is 0 Å². The molecule has 0 bridgehead atoms. The number of nitrogens with one attached hydrogen (secondary N) is 1. The fourth-order valence-corrected chi connectivity index (χ4v) is 4.00. The van der Waals surface area contributed by atoms with Crippen molar-refractivity contribution in [3.63, 3.8) is 0 Å². The largest absolute Gasteiger partial charge is 0.417 e. The van der Waals surface area contributed by atoms with Gasteiger partial charge in [0.25, 0.3) is 5.91 Å². The second-order valence-electron chi connectivity index (χ2n) is 8.28. The van der Waals surface area contributed by atoms with Gasteiger partial charge in [-0.3, -0.25) is 9.59 Å². The Balaban J connectivity index is 1.38. The van der Waals surface area contributed by atoms with Crippen LogP contribution in [0.4, 0.5) is 19.0 Å². The maximum absolute atomic E-state index is 13.1. The van der Waals surface area contributed by atoms with E-state index in [1.807, 2.05) is 41.3 Å². The molecule has 35 heavy (non-hydrogen) atoms. The van der Waals surface area contributed by atoms with Gasteiger partial charge >= 0.3 is 6.18 Å². The van der Waals surface area contributed by atoms with E-state index < -0.39 is 17.8 Å². The smallest absolute Gasteiger partial charge is 0.353 e. The van der Waals surface area contributed by atoms with Crippen LogP contribution in [0.3, 0.4) is 0 Å². The first-order valence-electron chi connectivity index (χ1n) is 11.3. The quantitative estimate of drug-likeness (QED) is 0.569. The molecule has 1 unspecified atom stereocenters. The monoisotopic (exact) mass is 482 g/mol. The Labute approximate surface area is 201 Å². The number of hydrogen-bond acceptors (Lipinski definition) is 4. The van der Waals surface area contributed by atoms with E-state index in [0.29, 0.717) is 37.6 Å². The molecule has 1 aromatic heterocycles. The van der Waals surface area contributed by atoms with Gasteiger partial charge in [-0.15, -0.1) is 0 Å². The predicted molar refractivity (Wildman–Crippen MR) is 126 cm³/mol. The Hall–Kier alpha value is -3.88. The highest BCUT2D eigenvalue weighted by molar-refractivity contribution is 5.94. The number of anilines is 1. The average molecular weight is 483 g/mol. The number of piperazine rings is 1. The van der Waals surface area contributed by atoms with E-state index in [2.05, 4.69) is 10.3 Å². The zero-order valence-electron chi connectivity index (χ0n) is 18.9. The molecule has 2 amide bonds. The highest BCUT2D eigenvalue weighted by atomic mass is 19.4. The summed E-state index contributed by atoms with van der Waals surface area (Å²) in [7, 11) is 0. The summed E-state index contributed by atoms with van der Waals surface area (Å²) in [6, 6.07) is 20.0. The molecule has 182 valence electrons. The van der Waals surface area contributed by atoms with Crippen molar-refractivity contribution in [1.82, 2.24) is 15.2 Å². The highest BCUT2D eigenvalue weighted by Gasteiger charge is 2.31. The fraction of sp³-hybridized carbons (Fsp3) is 0.269. The van der Waals surface area contributed by atoms with Crippen LogP contribution in [0.25, 0.3) is 0 Å². The molecule has 1 fully saturated rings. The SMILES string of the molecule is O=C(NC(CC(=O)N1CCN(c2ccc(C(F)(F)F)cn2)CC1)c1ccccc1)c1ccccc1. The Kier molecular flexibility index (Phi) is 7.33. The minimum absolute atomic E-state index is 0.0983. The van der Waals surface area contributed by atoms with Crippen molar-refractivity contribution in [3.8, 4) is 0 Å². The number of hydrogen-bond donors (Lipinski definition) is 1. The minimum atomic E-state index is -4.43. The first-order chi connectivity index (χ1) is 16.8. The molecule has 3 aromatic rings. The summed E-state index contributed by atoms with van der Waals surface area (Å²) in [6.07, 6.45) is -3.50. The number of benzene rings is 2. The summed E-state index contributed by atoms with van der Waals surface area (Å²) in [6.45, 7) is 1.73. The number of carbonyl (C=O) groups is 2. The molecule has 1 N–H and O–H groups in total. The Morgan fingerprint density at radius 2 is 1.51 bits per heavy atom. The van der Waals surface area contributed by atoms with Gasteiger partial charge in [0.15, 0.2) is 0 Å². The summed E-state index contributed by atoms with van der Waals surface area (Å²) >= 11 is 0. The lowest BCUT2D eigenvalue weighted by Crippen LogP contribution is -2.49. The molecule has 0 saturated carbocycles. The number of pyridine rings is 1. The van der Waals surface area contributed by atoms with Crippen LogP contribution in [0.2, 0.25) is 0 Å². The second kappa shape index (κ2) is 10.6. The number of carbonyl (C=O) groups excluding carboxylic acids is 2. The molecule has 1 aliphatic heterocycles. The highest BCUT2D eigenvalue weighted by Crippen LogP contribution is 2.29. The zero-order valence-corrected chi connectivity index (χ0v) is 18.9. The zero-order chi connectivity index (χ0) is 24.8. The van der Waals surface area contributed by atoms with Crippen LogP contribution >= 0.6 is 0 Å². The van der Waals surface area contributed by atoms with Crippen LogP contribution in [0.15, 0.2) is 79.0 Å². The molecule has 1 atom stereocenters. The number of aromatic nitrogens is 1. The number of halogens is 3. The van der Waals surface area contributed by atoms with Gasteiger partial charge < -0.3 is 15.1 Å². The molecule has 0 radical (unpaired) electrons. The predicted octanol–water partition coefficient (Wildman–Crippen LogP) is 4.31. The molecular weight excluding hydrogens is 457 g/mol. The minimum Gasteiger partial charge on any atom is -0.353 e. The van der Waals surface area contributed by atoms with Gasteiger partial charge in [0, 0.05) is 37.9 Å². The average Bonchev–Trinajstić information content (AvgIpc) is 2.89. The standard InChI is InChI=1S/C26H25F3N4O2/c27-26(28,29)21-11-12-23(30-18-21)32-13-15-33(16-14-32)24(34)17-22(19-7-3-1-4-8-19)31-25(35)20-9-5-2-6-10-20/h1-12,18,22H,13-17H2,(H,31,35). The molecule has 0 spiro atoms. The fourth-order valence-electron chi connectivity index (χ4n) is 4.00. The van der Waals surface area contributed by atoms with Crippen LogP contribution in [0.5, 0.6) is 0 Å². The van der Waals surface area contributed by atoms with Gasteiger partial charge in [0.1, 0.15) is 5.82 Å². The molecule has 0 aliphatic carbocycles. The van der Waals surface area contributed by atoms with E-state index in [4.69, 9.17) is 0 Å². The molecular formula is C26H25F3N4O2. The summed E-state index contributed by atoms with van der Waals surface area (Å²) in [5.74, 6) is 0.0834. The van der Waals surface area contributed by atoms with Gasteiger partial charge in [0.05, 0.1) is 18.0 Å². The van der Waals surface area contributed by atoms with Crippen LogP contribution in [-0.4, -0.2) is 47.9 Å². The lowest BCUT2D eigenvalue weighted by atomic mass is 10.0. The van der Waals surface area contributed by atoms with E-state index in [-0.39, 0.29) is 18.2 Å². The molecule has 4 rings (SSSR count). The third-order valence-electron chi connectivity index (χ3n) is 5.95. The van der Waals surface area contributed by atoms with Gasteiger partial charge in [-0.05, 0) is 29.8 Å². The van der Waals surface area contributed by atoms with E-state index in [1.54, 1.807) is 29.2 Å². The molecule has 9 heteroatoms. The van der Waals surface area contributed by atoms with Gasteiger partial charge in [-0.1, -0.05) is 48.5 Å². The van der Waals surface area contributed by atoms with Crippen molar-refractivity contribution < 1.29 is 22.8 Å².